The molecule has 1 atom stereocenters. The second-order valence-electron chi connectivity index (χ2n) is 5.65. The maximum absolute atomic E-state index is 13.3. The van der Waals surface area contributed by atoms with E-state index in [1.54, 1.807) is 6.07 Å². The van der Waals surface area contributed by atoms with E-state index in [1.807, 2.05) is 13.8 Å². The van der Waals surface area contributed by atoms with Gasteiger partial charge in [0, 0.05) is 0 Å². The fourth-order valence-corrected chi connectivity index (χ4v) is 1.95. The lowest BCUT2D eigenvalue weighted by atomic mass is 10.0. The Labute approximate surface area is 145 Å². The summed E-state index contributed by atoms with van der Waals surface area (Å²) >= 11 is 0. The van der Waals surface area contributed by atoms with Gasteiger partial charge in [0.15, 0.2) is 24.8 Å². The lowest BCUT2D eigenvalue weighted by molar-refractivity contribution is -0.152. The molecule has 0 aliphatic heterocycles. The molecule has 1 rings (SSSR count). The summed E-state index contributed by atoms with van der Waals surface area (Å²) in [6, 6.07) is 4.78. The minimum atomic E-state index is -0.836. The molecule has 0 aliphatic carbocycles. The Morgan fingerprint density at radius 2 is 1.84 bits per heavy atom. The Hall–Kier alpha value is -2.64. The highest BCUT2D eigenvalue weighted by Gasteiger charge is 2.23. The second kappa shape index (κ2) is 10.3. The van der Waals surface area contributed by atoms with Gasteiger partial charge in [-0.05, 0) is 24.5 Å². The Kier molecular flexibility index (Phi) is 8.38. The molecule has 1 aromatic carbocycles. The molecule has 1 amide bonds. The predicted molar refractivity (Wildman–Crippen MR) is 86.3 cm³/mol. The first-order valence-corrected chi connectivity index (χ1v) is 7.73. The molecule has 1 aromatic rings. The summed E-state index contributed by atoms with van der Waals surface area (Å²) in [7, 11) is 1.22. The standard InChI is InChI=1S/C17H22FNO6/c1-11(2)8-13(17(22)23-3)19-15(20)9-25-16(21)10-24-14-7-5-4-6-12(14)18/h4-7,11,13H,8-10H2,1-3H3,(H,19,20)/t13-/m1/s1. The highest BCUT2D eigenvalue weighted by atomic mass is 19.1. The number of carbonyl (C=O) groups excluding carboxylic acids is 3. The Morgan fingerprint density at radius 3 is 2.44 bits per heavy atom. The molecule has 0 saturated carbocycles. The van der Waals surface area contributed by atoms with Gasteiger partial charge in [0.05, 0.1) is 7.11 Å². The summed E-state index contributed by atoms with van der Waals surface area (Å²) < 4.78 is 27.6. The quantitative estimate of drug-likeness (QED) is 0.674. The third-order valence-electron chi connectivity index (χ3n) is 3.07. The fourth-order valence-electron chi connectivity index (χ4n) is 1.95. The normalized spacial score (nSPS) is 11.6. The van der Waals surface area contributed by atoms with Crippen LogP contribution in [0.5, 0.6) is 5.75 Å². The Bertz CT molecular complexity index is 605. The number of hydrogen-bond donors (Lipinski definition) is 1. The van der Waals surface area contributed by atoms with E-state index in [1.165, 1.54) is 25.3 Å². The van der Waals surface area contributed by atoms with Crippen molar-refractivity contribution < 1.29 is 33.0 Å². The molecule has 0 aromatic heterocycles. The molecule has 0 radical (unpaired) electrons. The Balaban J connectivity index is 2.40. The SMILES string of the molecule is COC(=O)[C@@H](CC(C)C)NC(=O)COC(=O)COc1ccccc1F. The lowest BCUT2D eigenvalue weighted by Crippen LogP contribution is -2.44. The van der Waals surface area contributed by atoms with Crippen LogP contribution in [0.4, 0.5) is 4.39 Å². The van der Waals surface area contributed by atoms with Gasteiger partial charge in [-0.1, -0.05) is 26.0 Å². The maximum atomic E-state index is 13.3. The van der Waals surface area contributed by atoms with Crippen LogP contribution in [-0.4, -0.2) is 44.2 Å². The number of para-hydroxylation sites is 1. The summed E-state index contributed by atoms with van der Waals surface area (Å²) in [6.45, 7) is 2.66. The molecule has 7 nitrogen and oxygen atoms in total. The minimum Gasteiger partial charge on any atom is -0.479 e. The summed E-state index contributed by atoms with van der Waals surface area (Å²) in [5.41, 5.74) is 0. The molecule has 0 bridgehead atoms. The predicted octanol–water partition coefficient (Wildman–Crippen LogP) is 1.45. The van der Waals surface area contributed by atoms with Crippen molar-refractivity contribution in [3.63, 3.8) is 0 Å². The van der Waals surface area contributed by atoms with E-state index in [0.717, 1.165) is 0 Å². The number of halogens is 1. The number of rotatable bonds is 9. The zero-order valence-corrected chi connectivity index (χ0v) is 14.4. The first kappa shape index (κ1) is 20.4. The van der Waals surface area contributed by atoms with Crippen molar-refractivity contribution in [2.45, 2.75) is 26.3 Å². The van der Waals surface area contributed by atoms with E-state index in [9.17, 15) is 18.8 Å². The van der Waals surface area contributed by atoms with E-state index in [2.05, 4.69) is 10.1 Å². The number of ether oxygens (including phenoxy) is 3. The Morgan fingerprint density at radius 1 is 1.16 bits per heavy atom. The van der Waals surface area contributed by atoms with Crippen LogP contribution >= 0.6 is 0 Å². The first-order valence-electron chi connectivity index (χ1n) is 7.73. The van der Waals surface area contributed by atoms with Crippen LogP contribution in [0.1, 0.15) is 20.3 Å². The summed E-state index contributed by atoms with van der Waals surface area (Å²) in [5, 5.41) is 2.45. The molecule has 0 aliphatic rings. The van der Waals surface area contributed by atoms with Gasteiger partial charge in [-0.2, -0.15) is 0 Å². The number of benzene rings is 1. The van der Waals surface area contributed by atoms with E-state index in [0.29, 0.717) is 6.42 Å². The molecular formula is C17H22FNO6. The molecule has 138 valence electrons. The number of amides is 1. The van der Waals surface area contributed by atoms with Crippen molar-refractivity contribution in [2.75, 3.05) is 20.3 Å². The van der Waals surface area contributed by atoms with E-state index >= 15 is 0 Å². The fraction of sp³-hybridized carbons (Fsp3) is 0.471. The number of esters is 2. The average Bonchev–Trinajstić information content (AvgIpc) is 2.57. The van der Waals surface area contributed by atoms with E-state index in [4.69, 9.17) is 9.47 Å². The highest BCUT2D eigenvalue weighted by molar-refractivity contribution is 5.86. The van der Waals surface area contributed by atoms with Crippen molar-refractivity contribution in [3.8, 4) is 5.75 Å². The maximum Gasteiger partial charge on any atom is 0.344 e. The summed E-state index contributed by atoms with van der Waals surface area (Å²) in [4.78, 5) is 34.9. The lowest BCUT2D eigenvalue weighted by Gasteiger charge is -2.18. The topological polar surface area (TPSA) is 90.9 Å². The number of hydrogen-bond acceptors (Lipinski definition) is 6. The number of carbonyl (C=O) groups is 3. The van der Waals surface area contributed by atoms with Crippen LogP contribution in [-0.2, 0) is 23.9 Å². The van der Waals surface area contributed by atoms with Crippen molar-refractivity contribution in [2.24, 2.45) is 5.92 Å². The zero-order chi connectivity index (χ0) is 18.8. The number of nitrogens with one attached hydrogen (secondary N) is 1. The van der Waals surface area contributed by atoms with Gasteiger partial charge in [0.2, 0.25) is 0 Å². The van der Waals surface area contributed by atoms with Crippen LogP contribution in [0.3, 0.4) is 0 Å². The van der Waals surface area contributed by atoms with Crippen LogP contribution in [0, 0.1) is 11.7 Å². The molecule has 0 spiro atoms. The minimum absolute atomic E-state index is 0.0911. The molecule has 25 heavy (non-hydrogen) atoms. The largest absolute Gasteiger partial charge is 0.479 e. The number of methoxy groups -OCH3 is 1. The van der Waals surface area contributed by atoms with Crippen molar-refractivity contribution >= 4 is 17.8 Å². The third-order valence-corrected chi connectivity index (χ3v) is 3.07. The molecule has 0 fully saturated rings. The van der Waals surface area contributed by atoms with Gasteiger partial charge in [-0.15, -0.1) is 0 Å². The molecule has 8 heteroatoms. The molecule has 0 saturated heterocycles. The van der Waals surface area contributed by atoms with Crippen molar-refractivity contribution in [3.05, 3.63) is 30.1 Å². The van der Waals surface area contributed by atoms with Gasteiger partial charge in [-0.3, -0.25) is 4.79 Å². The molecular weight excluding hydrogens is 333 g/mol. The van der Waals surface area contributed by atoms with Crippen molar-refractivity contribution in [1.29, 1.82) is 0 Å². The smallest absolute Gasteiger partial charge is 0.344 e. The average molecular weight is 355 g/mol. The summed E-state index contributed by atoms with van der Waals surface area (Å²) in [6.07, 6.45) is 0.392. The van der Waals surface area contributed by atoms with Crippen LogP contribution < -0.4 is 10.1 Å². The van der Waals surface area contributed by atoms with Gasteiger partial charge in [0.1, 0.15) is 6.04 Å². The van der Waals surface area contributed by atoms with Crippen LogP contribution in [0.2, 0.25) is 0 Å². The van der Waals surface area contributed by atoms with Crippen LogP contribution in [0.25, 0.3) is 0 Å². The molecule has 0 heterocycles. The van der Waals surface area contributed by atoms with Crippen molar-refractivity contribution in [1.82, 2.24) is 5.32 Å². The van der Waals surface area contributed by atoms with E-state index < -0.39 is 42.9 Å². The monoisotopic (exact) mass is 355 g/mol. The summed E-state index contributed by atoms with van der Waals surface area (Å²) in [5.74, 6) is -2.60. The van der Waals surface area contributed by atoms with Gasteiger partial charge < -0.3 is 19.5 Å². The van der Waals surface area contributed by atoms with Crippen LogP contribution in [0.15, 0.2) is 24.3 Å². The third kappa shape index (κ3) is 7.65. The van der Waals surface area contributed by atoms with Gasteiger partial charge >= 0.3 is 11.9 Å². The first-order chi connectivity index (χ1) is 11.8. The second-order valence-corrected chi connectivity index (χ2v) is 5.65. The van der Waals surface area contributed by atoms with Gasteiger partial charge in [-0.25, -0.2) is 14.0 Å². The molecule has 0 unspecified atom stereocenters. The zero-order valence-electron chi connectivity index (χ0n) is 14.4. The molecule has 1 N–H and O–H groups in total. The highest BCUT2D eigenvalue weighted by Crippen LogP contribution is 2.15. The van der Waals surface area contributed by atoms with Gasteiger partial charge in [0.25, 0.3) is 5.91 Å². The van der Waals surface area contributed by atoms with E-state index in [-0.39, 0.29) is 11.7 Å².